The van der Waals surface area contributed by atoms with E-state index in [1.165, 1.54) is 0 Å². The third-order valence-electron chi connectivity index (χ3n) is 3.39. The molecule has 0 radical (unpaired) electrons. The molecule has 1 N–H and O–H groups in total. The van der Waals surface area contributed by atoms with Crippen LogP contribution in [-0.2, 0) is 13.5 Å². The molecular formula is C16H22FN3. The summed E-state index contributed by atoms with van der Waals surface area (Å²) >= 11 is 0. The van der Waals surface area contributed by atoms with Crippen LogP contribution >= 0.6 is 0 Å². The van der Waals surface area contributed by atoms with E-state index in [4.69, 9.17) is 0 Å². The van der Waals surface area contributed by atoms with Crippen molar-refractivity contribution in [3.8, 4) is 0 Å². The highest BCUT2D eigenvalue weighted by atomic mass is 19.1. The monoisotopic (exact) mass is 275 g/mol. The summed E-state index contributed by atoms with van der Waals surface area (Å²) in [6.07, 6.45) is 2.89. The number of aromatic nitrogens is 2. The summed E-state index contributed by atoms with van der Waals surface area (Å²) in [5.41, 5.74) is 4.07. The number of halogens is 1. The maximum Gasteiger partial charge on any atom is 0.123 e. The van der Waals surface area contributed by atoms with Gasteiger partial charge in [0.25, 0.3) is 0 Å². The zero-order valence-corrected chi connectivity index (χ0v) is 12.6. The summed E-state index contributed by atoms with van der Waals surface area (Å²) in [5, 5.41) is 7.92. The Morgan fingerprint density at radius 1 is 1.30 bits per heavy atom. The van der Waals surface area contributed by atoms with Crippen LogP contribution in [0.25, 0.3) is 0 Å². The Kier molecular flexibility index (Phi) is 4.55. The van der Waals surface area contributed by atoms with Gasteiger partial charge in [-0.3, -0.25) is 4.68 Å². The van der Waals surface area contributed by atoms with Crippen molar-refractivity contribution in [2.24, 2.45) is 7.05 Å². The van der Waals surface area contributed by atoms with Crippen LogP contribution in [0, 0.1) is 12.7 Å². The second-order valence-corrected chi connectivity index (χ2v) is 5.11. The molecule has 1 atom stereocenters. The Bertz CT molecular complexity index is 569. The first-order valence-electron chi connectivity index (χ1n) is 7.08. The lowest BCUT2D eigenvalue weighted by molar-refractivity contribution is 0.599. The molecule has 0 saturated heterocycles. The van der Waals surface area contributed by atoms with Crippen molar-refractivity contribution in [3.05, 3.63) is 52.6 Å². The molecule has 3 nitrogen and oxygen atoms in total. The van der Waals surface area contributed by atoms with E-state index in [0.717, 1.165) is 35.3 Å². The smallest absolute Gasteiger partial charge is 0.123 e. The largest absolute Gasteiger partial charge is 0.306 e. The predicted molar refractivity (Wildman–Crippen MR) is 79.2 cm³/mol. The number of hydrogen-bond donors (Lipinski definition) is 1. The summed E-state index contributed by atoms with van der Waals surface area (Å²) < 4.78 is 15.5. The lowest BCUT2D eigenvalue weighted by atomic mass is 9.96. The summed E-state index contributed by atoms with van der Waals surface area (Å²) in [4.78, 5) is 0. The molecule has 0 fully saturated rings. The Morgan fingerprint density at radius 2 is 2.05 bits per heavy atom. The molecule has 2 rings (SSSR count). The summed E-state index contributed by atoms with van der Waals surface area (Å²) in [6, 6.07) is 5.17. The van der Waals surface area contributed by atoms with E-state index in [-0.39, 0.29) is 11.9 Å². The van der Waals surface area contributed by atoms with Gasteiger partial charge in [0.15, 0.2) is 0 Å². The third-order valence-corrected chi connectivity index (χ3v) is 3.39. The SMILES string of the molecule is CCNC(c1cc(C)cc(F)c1)c1cn(C)nc1CC. The molecule has 2 aromatic rings. The van der Waals surface area contributed by atoms with E-state index >= 15 is 0 Å². The summed E-state index contributed by atoms with van der Waals surface area (Å²) in [5.74, 6) is -0.190. The molecule has 0 saturated carbocycles. The Balaban J connectivity index is 2.49. The number of aryl methyl sites for hydroxylation is 3. The van der Waals surface area contributed by atoms with Crippen molar-refractivity contribution >= 4 is 0 Å². The van der Waals surface area contributed by atoms with Gasteiger partial charge in [-0.25, -0.2) is 4.39 Å². The summed E-state index contributed by atoms with van der Waals surface area (Å²) in [7, 11) is 1.92. The van der Waals surface area contributed by atoms with Crippen molar-refractivity contribution in [3.63, 3.8) is 0 Å². The highest BCUT2D eigenvalue weighted by molar-refractivity contribution is 5.35. The first-order chi connectivity index (χ1) is 9.55. The van der Waals surface area contributed by atoms with Crippen LogP contribution in [0.2, 0.25) is 0 Å². The Morgan fingerprint density at radius 3 is 2.65 bits per heavy atom. The van der Waals surface area contributed by atoms with Crippen LogP contribution in [0.1, 0.15) is 42.3 Å². The average Bonchev–Trinajstić information content (AvgIpc) is 2.75. The van der Waals surface area contributed by atoms with Gasteiger partial charge in [0.1, 0.15) is 5.82 Å². The van der Waals surface area contributed by atoms with Crippen molar-refractivity contribution in [2.75, 3.05) is 6.54 Å². The highest BCUT2D eigenvalue weighted by Gasteiger charge is 2.19. The van der Waals surface area contributed by atoms with E-state index in [2.05, 4.69) is 24.3 Å². The minimum atomic E-state index is -0.190. The second-order valence-electron chi connectivity index (χ2n) is 5.11. The van der Waals surface area contributed by atoms with Crippen molar-refractivity contribution in [1.82, 2.24) is 15.1 Å². The number of nitrogens with zero attached hydrogens (tertiary/aromatic N) is 2. The van der Waals surface area contributed by atoms with Gasteiger partial charge in [-0.15, -0.1) is 0 Å². The maximum absolute atomic E-state index is 13.7. The van der Waals surface area contributed by atoms with E-state index in [9.17, 15) is 4.39 Å². The minimum Gasteiger partial charge on any atom is -0.306 e. The number of benzene rings is 1. The normalized spacial score (nSPS) is 12.7. The van der Waals surface area contributed by atoms with E-state index in [1.807, 2.05) is 30.9 Å². The fourth-order valence-electron chi connectivity index (χ4n) is 2.61. The number of hydrogen-bond acceptors (Lipinski definition) is 2. The van der Waals surface area contributed by atoms with Crippen LogP contribution in [0.15, 0.2) is 24.4 Å². The average molecular weight is 275 g/mol. The molecule has 0 aliphatic rings. The van der Waals surface area contributed by atoms with Crippen LogP contribution in [0.4, 0.5) is 4.39 Å². The highest BCUT2D eigenvalue weighted by Crippen LogP contribution is 2.26. The lowest BCUT2D eigenvalue weighted by Crippen LogP contribution is -2.23. The molecule has 20 heavy (non-hydrogen) atoms. The molecule has 0 spiro atoms. The van der Waals surface area contributed by atoms with E-state index < -0.39 is 0 Å². The van der Waals surface area contributed by atoms with Gasteiger partial charge in [-0.1, -0.05) is 19.9 Å². The topological polar surface area (TPSA) is 29.9 Å². The lowest BCUT2D eigenvalue weighted by Gasteiger charge is -2.19. The van der Waals surface area contributed by atoms with Gasteiger partial charge >= 0.3 is 0 Å². The van der Waals surface area contributed by atoms with Gasteiger partial charge < -0.3 is 5.32 Å². The standard InChI is InChI=1S/C16H22FN3/c1-5-15-14(10-20(4)19-15)16(18-6-2)12-7-11(3)8-13(17)9-12/h7-10,16,18H,5-6H2,1-4H3. The molecule has 1 heterocycles. The van der Waals surface area contributed by atoms with E-state index in [0.29, 0.717) is 0 Å². The first kappa shape index (κ1) is 14.7. The molecule has 1 aromatic carbocycles. The second kappa shape index (κ2) is 6.18. The van der Waals surface area contributed by atoms with Crippen molar-refractivity contribution in [2.45, 2.75) is 33.2 Å². The van der Waals surface area contributed by atoms with Gasteiger partial charge in [-0.05, 0) is 43.1 Å². The molecule has 0 aliphatic heterocycles. The zero-order chi connectivity index (χ0) is 14.7. The van der Waals surface area contributed by atoms with Crippen LogP contribution in [-0.4, -0.2) is 16.3 Å². The quantitative estimate of drug-likeness (QED) is 0.908. The minimum absolute atomic E-state index is 0.0157. The Labute approximate surface area is 119 Å². The molecule has 0 bridgehead atoms. The Hall–Kier alpha value is -1.68. The van der Waals surface area contributed by atoms with Gasteiger partial charge in [0.2, 0.25) is 0 Å². The zero-order valence-electron chi connectivity index (χ0n) is 12.6. The molecular weight excluding hydrogens is 253 g/mol. The number of nitrogens with one attached hydrogen (secondary N) is 1. The molecule has 1 aromatic heterocycles. The molecule has 1 unspecified atom stereocenters. The van der Waals surface area contributed by atoms with Crippen LogP contribution in [0.5, 0.6) is 0 Å². The predicted octanol–water partition coefficient (Wildman–Crippen LogP) is 3.13. The van der Waals surface area contributed by atoms with Crippen LogP contribution < -0.4 is 5.32 Å². The fourth-order valence-corrected chi connectivity index (χ4v) is 2.61. The fraction of sp³-hybridized carbons (Fsp3) is 0.438. The maximum atomic E-state index is 13.7. The van der Waals surface area contributed by atoms with E-state index in [1.54, 1.807) is 12.1 Å². The molecule has 4 heteroatoms. The third kappa shape index (κ3) is 3.07. The van der Waals surface area contributed by atoms with Crippen molar-refractivity contribution < 1.29 is 4.39 Å². The van der Waals surface area contributed by atoms with Gasteiger partial charge in [0, 0.05) is 18.8 Å². The van der Waals surface area contributed by atoms with Crippen molar-refractivity contribution in [1.29, 1.82) is 0 Å². The van der Waals surface area contributed by atoms with Gasteiger partial charge in [0.05, 0.1) is 11.7 Å². The van der Waals surface area contributed by atoms with Gasteiger partial charge in [-0.2, -0.15) is 5.10 Å². The summed E-state index contributed by atoms with van der Waals surface area (Å²) in [6.45, 7) is 6.88. The molecule has 108 valence electrons. The molecule has 0 aliphatic carbocycles. The van der Waals surface area contributed by atoms with Crippen LogP contribution in [0.3, 0.4) is 0 Å². The number of rotatable bonds is 5. The first-order valence-corrected chi connectivity index (χ1v) is 7.08. The molecule has 0 amide bonds.